The van der Waals surface area contributed by atoms with Gasteiger partial charge in [0.1, 0.15) is 5.75 Å². The van der Waals surface area contributed by atoms with Crippen LogP contribution >= 0.6 is 0 Å². The molecule has 2 N–H and O–H groups in total. The molecule has 0 radical (unpaired) electrons. The lowest BCUT2D eigenvalue weighted by atomic mass is 10.1. The van der Waals surface area contributed by atoms with Gasteiger partial charge in [-0.25, -0.2) is 0 Å². The van der Waals surface area contributed by atoms with Crippen LogP contribution in [-0.4, -0.2) is 37.9 Å². The van der Waals surface area contributed by atoms with Gasteiger partial charge in [-0.3, -0.25) is 14.4 Å². The van der Waals surface area contributed by atoms with Crippen molar-refractivity contribution < 1.29 is 28.6 Å². The molecule has 35 heavy (non-hydrogen) atoms. The molecule has 1 aliphatic rings. The van der Waals surface area contributed by atoms with E-state index in [1.54, 1.807) is 73.8 Å². The number of anilines is 2. The molecule has 0 unspecified atom stereocenters. The van der Waals surface area contributed by atoms with Crippen molar-refractivity contribution in [3.05, 3.63) is 77.9 Å². The van der Waals surface area contributed by atoms with E-state index in [0.717, 1.165) is 6.42 Å². The Morgan fingerprint density at radius 3 is 2.11 bits per heavy atom. The zero-order valence-corrected chi connectivity index (χ0v) is 19.3. The third-order valence-electron chi connectivity index (χ3n) is 5.43. The minimum Gasteiger partial charge on any atom is -0.497 e. The molecule has 0 saturated heterocycles. The number of Topliss-reactive ketones (excluding diaryl/α,β-unsaturated/α-hetero) is 1. The average molecular weight is 475 g/mol. The SMILES string of the molecule is COc1ccc(NC(=O)c2ccc(NC(=O)CCC(=O)c3ccc4c(c3)OCCCO4)cc2)cc1. The zero-order chi connectivity index (χ0) is 24.6. The number of carbonyl (C=O) groups is 3. The van der Waals surface area contributed by atoms with Gasteiger partial charge in [0.2, 0.25) is 5.91 Å². The van der Waals surface area contributed by atoms with Crippen molar-refractivity contribution in [3.8, 4) is 17.2 Å². The van der Waals surface area contributed by atoms with Crippen molar-refractivity contribution >= 4 is 29.0 Å². The Hall–Kier alpha value is -4.33. The van der Waals surface area contributed by atoms with Crippen molar-refractivity contribution in [1.29, 1.82) is 0 Å². The van der Waals surface area contributed by atoms with Gasteiger partial charge in [-0.15, -0.1) is 0 Å². The summed E-state index contributed by atoms with van der Waals surface area (Å²) < 4.78 is 16.3. The van der Waals surface area contributed by atoms with E-state index < -0.39 is 0 Å². The molecule has 0 aromatic heterocycles. The third-order valence-corrected chi connectivity index (χ3v) is 5.43. The Bertz CT molecular complexity index is 1210. The van der Waals surface area contributed by atoms with Crippen molar-refractivity contribution in [1.82, 2.24) is 0 Å². The van der Waals surface area contributed by atoms with E-state index in [9.17, 15) is 14.4 Å². The number of benzene rings is 3. The van der Waals surface area contributed by atoms with Gasteiger partial charge in [-0.2, -0.15) is 0 Å². The van der Waals surface area contributed by atoms with Gasteiger partial charge in [-0.1, -0.05) is 0 Å². The van der Waals surface area contributed by atoms with E-state index in [2.05, 4.69) is 10.6 Å². The lowest BCUT2D eigenvalue weighted by Gasteiger charge is -2.09. The van der Waals surface area contributed by atoms with Gasteiger partial charge in [0.15, 0.2) is 17.3 Å². The highest BCUT2D eigenvalue weighted by molar-refractivity contribution is 6.05. The van der Waals surface area contributed by atoms with Crippen LogP contribution < -0.4 is 24.8 Å². The molecule has 8 heteroatoms. The van der Waals surface area contributed by atoms with Gasteiger partial charge in [-0.05, 0) is 66.7 Å². The molecular weight excluding hydrogens is 448 g/mol. The molecule has 0 fully saturated rings. The van der Waals surface area contributed by atoms with Gasteiger partial charge >= 0.3 is 0 Å². The quantitative estimate of drug-likeness (QED) is 0.459. The van der Waals surface area contributed by atoms with Crippen LogP contribution in [-0.2, 0) is 4.79 Å². The summed E-state index contributed by atoms with van der Waals surface area (Å²) in [7, 11) is 1.58. The average Bonchev–Trinajstić information content (AvgIpc) is 3.13. The van der Waals surface area contributed by atoms with Crippen LogP contribution in [0.25, 0.3) is 0 Å². The monoisotopic (exact) mass is 474 g/mol. The predicted octanol–water partition coefficient (Wildman–Crippen LogP) is 4.71. The Balaban J connectivity index is 1.27. The maximum absolute atomic E-state index is 12.6. The van der Waals surface area contributed by atoms with E-state index >= 15 is 0 Å². The van der Waals surface area contributed by atoms with Crippen molar-refractivity contribution in [2.45, 2.75) is 19.3 Å². The summed E-state index contributed by atoms with van der Waals surface area (Å²) in [4.78, 5) is 37.3. The largest absolute Gasteiger partial charge is 0.497 e. The van der Waals surface area contributed by atoms with Crippen LogP contribution in [0.2, 0.25) is 0 Å². The molecule has 2 amide bonds. The highest BCUT2D eigenvalue weighted by Crippen LogP contribution is 2.31. The Morgan fingerprint density at radius 2 is 1.40 bits per heavy atom. The maximum atomic E-state index is 12.6. The summed E-state index contributed by atoms with van der Waals surface area (Å²) in [6.45, 7) is 1.11. The molecule has 180 valence electrons. The maximum Gasteiger partial charge on any atom is 0.255 e. The molecule has 1 heterocycles. The number of carbonyl (C=O) groups excluding carboxylic acids is 3. The molecule has 0 saturated carbocycles. The smallest absolute Gasteiger partial charge is 0.255 e. The highest BCUT2D eigenvalue weighted by atomic mass is 16.5. The number of methoxy groups -OCH3 is 1. The first-order chi connectivity index (χ1) is 17.0. The predicted molar refractivity (Wildman–Crippen MR) is 132 cm³/mol. The fourth-order valence-corrected chi connectivity index (χ4v) is 3.51. The van der Waals surface area contributed by atoms with Gasteiger partial charge < -0.3 is 24.8 Å². The van der Waals surface area contributed by atoms with Crippen LogP contribution in [0.4, 0.5) is 11.4 Å². The van der Waals surface area contributed by atoms with E-state index in [1.165, 1.54) is 0 Å². The lowest BCUT2D eigenvalue weighted by Crippen LogP contribution is -2.14. The van der Waals surface area contributed by atoms with Crippen molar-refractivity contribution in [2.24, 2.45) is 0 Å². The zero-order valence-electron chi connectivity index (χ0n) is 19.3. The molecular formula is C27H26N2O6. The number of amides is 2. The third kappa shape index (κ3) is 6.38. The van der Waals surface area contributed by atoms with E-state index in [1.807, 2.05) is 0 Å². The van der Waals surface area contributed by atoms with Gasteiger partial charge in [0.25, 0.3) is 5.91 Å². The molecule has 8 nitrogen and oxygen atoms in total. The Morgan fingerprint density at radius 1 is 0.771 bits per heavy atom. The summed E-state index contributed by atoms with van der Waals surface area (Å²) in [6, 6.07) is 18.6. The first-order valence-electron chi connectivity index (χ1n) is 11.3. The fraction of sp³-hybridized carbons (Fsp3) is 0.222. The molecule has 0 atom stereocenters. The first kappa shape index (κ1) is 23.8. The summed E-state index contributed by atoms with van der Waals surface area (Å²) in [6.07, 6.45) is 0.882. The fourth-order valence-electron chi connectivity index (χ4n) is 3.51. The van der Waals surface area contributed by atoms with Crippen LogP contribution in [0.1, 0.15) is 40.0 Å². The Kier molecular flexibility index (Phi) is 7.62. The minimum absolute atomic E-state index is 0.0347. The second-order valence-corrected chi connectivity index (χ2v) is 7.94. The van der Waals surface area contributed by atoms with Crippen LogP contribution in [0.5, 0.6) is 17.2 Å². The van der Waals surface area contributed by atoms with E-state index in [-0.39, 0.29) is 30.4 Å². The van der Waals surface area contributed by atoms with Crippen LogP contribution in [0, 0.1) is 0 Å². The summed E-state index contributed by atoms with van der Waals surface area (Å²) >= 11 is 0. The van der Waals surface area contributed by atoms with Gasteiger partial charge in [0, 0.05) is 41.8 Å². The van der Waals surface area contributed by atoms with Gasteiger partial charge in [0.05, 0.1) is 20.3 Å². The summed E-state index contributed by atoms with van der Waals surface area (Å²) in [5.41, 5.74) is 2.11. The van der Waals surface area contributed by atoms with Crippen molar-refractivity contribution in [2.75, 3.05) is 31.0 Å². The number of nitrogens with one attached hydrogen (secondary N) is 2. The second-order valence-electron chi connectivity index (χ2n) is 7.94. The van der Waals surface area contributed by atoms with E-state index in [4.69, 9.17) is 14.2 Å². The topological polar surface area (TPSA) is 103 Å². The molecule has 4 rings (SSSR count). The molecule has 1 aliphatic heterocycles. The molecule has 3 aromatic carbocycles. The number of fused-ring (bicyclic) bond motifs is 1. The van der Waals surface area contributed by atoms with Crippen molar-refractivity contribution in [3.63, 3.8) is 0 Å². The number of ether oxygens (including phenoxy) is 3. The number of hydrogen-bond donors (Lipinski definition) is 2. The lowest BCUT2D eigenvalue weighted by molar-refractivity contribution is -0.116. The normalized spacial score (nSPS) is 12.3. The molecule has 3 aromatic rings. The number of hydrogen-bond acceptors (Lipinski definition) is 6. The Labute approximate surface area is 203 Å². The summed E-state index contributed by atoms with van der Waals surface area (Å²) in [5, 5.41) is 5.56. The molecule has 0 spiro atoms. The minimum atomic E-state index is -0.289. The standard InChI is InChI=1S/C27H26N2O6/c1-33-22-10-8-21(9-11-22)29-27(32)18-3-6-20(7-4-18)28-26(31)14-12-23(30)19-5-13-24-25(17-19)35-16-2-15-34-24/h3-11,13,17H,2,12,14-16H2,1H3,(H,28,31)(H,29,32). The molecule has 0 aliphatic carbocycles. The number of ketones is 1. The first-order valence-corrected chi connectivity index (χ1v) is 11.3. The van der Waals surface area contributed by atoms with Crippen LogP contribution in [0.3, 0.4) is 0 Å². The summed E-state index contributed by atoms with van der Waals surface area (Å²) in [5.74, 6) is 1.16. The second kappa shape index (κ2) is 11.2. The highest BCUT2D eigenvalue weighted by Gasteiger charge is 2.15. The molecule has 0 bridgehead atoms. The van der Waals surface area contributed by atoms with Crippen LogP contribution in [0.15, 0.2) is 66.7 Å². The van der Waals surface area contributed by atoms with E-state index in [0.29, 0.717) is 53.0 Å². The number of rotatable bonds is 8.